The van der Waals surface area contributed by atoms with Crippen LogP contribution in [-0.4, -0.2) is 54.6 Å². The monoisotopic (exact) mass is 268 g/mol. The Kier molecular flexibility index (Phi) is 6.70. The van der Waals surface area contributed by atoms with Crippen LogP contribution in [-0.2, 0) is 6.54 Å². The van der Waals surface area contributed by atoms with E-state index in [-0.39, 0.29) is 32.3 Å². The van der Waals surface area contributed by atoms with Crippen LogP contribution >= 0.6 is 0 Å². The van der Waals surface area contributed by atoms with Crippen LogP contribution in [0.3, 0.4) is 0 Å². The van der Waals surface area contributed by atoms with Crippen molar-refractivity contribution in [1.82, 2.24) is 10.2 Å². The van der Waals surface area contributed by atoms with Crippen molar-refractivity contribution in [3.8, 4) is 5.75 Å². The van der Waals surface area contributed by atoms with Gasteiger partial charge in [0.05, 0.1) is 20.3 Å². The van der Waals surface area contributed by atoms with E-state index in [4.69, 9.17) is 14.9 Å². The van der Waals surface area contributed by atoms with Crippen molar-refractivity contribution in [3.05, 3.63) is 29.8 Å². The quantitative estimate of drug-likeness (QED) is 0.659. The Morgan fingerprint density at radius 3 is 2.47 bits per heavy atom. The number of hydrogen-bond donors (Lipinski definition) is 3. The van der Waals surface area contributed by atoms with E-state index in [0.717, 1.165) is 5.56 Å². The summed E-state index contributed by atoms with van der Waals surface area (Å²) in [4.78, 5) is 13.2. The highest BCUT2D eigenvalue weighted by Gasteiger charge is 2.12. The molecule has 0 bridgehead atoms. The first-order valence-corrected chi connectivity index (χ1v) is 6.09. The molecule has 6 heteroatoms. The molecule has 1 rings (SSSR count). The molecule has 106 valence electrons. The average molecular weight is 268 g/mol. The van der Waals surface area contributed by atoms with E-state index in [2.05, 4.69) is 5.32 Å². The molecular formula is C13H20N2O4. The molecule has 0 aliphatic heterocycles. The van der Waals surface area contributed by atoms with Crippen LogP contribution in [0.25, 0.3) is 0 Å². The number of carbonyl (C=O) groups excluding carboxylic acids is 1. The van der Waals surface area contributed by atoms with Gasteiger partial charge in [0.1, 0.15) is 5.75 Å². The maximum Gasteiger partial charge on any atom is 0.317 e. The molecule has 6 nitrogen and oxygen atoms in total. The number of nitrogens with zero attached hydrogens (tertiary/aromatic N) is 1. The normalized spacial score (nSPS) is 10.1. The molecule has 1 aromatic carbocycles. The first-order valence-electron chi connectivity index (χ1n) is 6.09. The second-order valence-electron chi connectivity index (χ2n) is 3.90. The Bertz CT molecular complexity index is 392. The van der Waals surface area contributed by atoms with Crippen LogP contribution in [0.2, 0.25) is 0 Å². The number of rotatable bonds is 7. The van der Waals surface area contributed by atoms with Gasteiger partial charge in [0.15, 0.2) is 0 Å². The molecular weight excluding hydrogens is 248 g/mol. The molecule has 0 heterocycles. The van der Waals surface area contributed by atoms with Crippen molar-refractivity contribution in [1.29, 1.82) is 0 Å². The van der Waals surface area contributed by atoms with E-state index >= 15 is 0 Å². The predicted molar refractivity (Wildman–Crippen MR) is 71.0 cm³/mol. The Hall–Kier alpha value is -1.79. The number of aliphatic hydroxyl groups is 2. The summed E-state index contributed by atoms with van der Waals surface area (Å²) in [6.45, 7) is 0.441. The Balaban J connectivity index is 2.56. The fourth-order valence-electron chi connectivity index (χ4n) is 1.69. The third kappa shape index (κ3) is 4.76. The summed E-state index contributed by atoms with van der Waals surface area (Å²) < 4.78 is 5.19. The smallest absolute Gasteiger partial charge is 0.317 e. The number of nitrogens with one attached hydrogen (secondary N) is 1. The lowest BCUT2D eigenvalue weighted by molar-refractivity contribution is 0.158. The number of benzene rings is 1. The van der Waals surface area contributed by atoms with Gasteiger partial charge in [0.25, 0.3) is 0 Å². The maximum atomic E-state index is 11.8. The predicted octanol–water partition coefficient (Wildman–Crippen LogP) is 0.191. The molecule has 0 saturated carbocycles. The van der Waals surface area contributed by atoms with Gasteiger partial charge in [0.2, 0.25) is 0 Å². The number of urea groups is 1. The molecule has 0 unspecified atom stereocenters. The molecule has 0 saturated heterocycles. The van der Waals surface area contributed by atoms with E-state index in [1.165, 1.54) is 4.90 Å². The summed E-state index contributed by atoms with van der Waals surface area (Å²) in [5.41, 5.74) is 0.867. The van der Waals surface area contributed by atoms with Crippen molar-refractivity contribution >= 4 is 6.03 Å². The molecule has 0 fully saturated rings. The van der Waals surface area contributed by atoms with Gasteiger partial charge >= 0.3 is 6.03 Å². The number of para-hydroxylation sites is 1. The average Bonchev–Trinajstić information content (AvgIpc) is 2.44. The van der Waals surface area contributed by atoms with Crippen LogP contribution in [0.5, 0.6) is 5.75 Å². The third-order valence-electron chi connectivity index (χ3n) is 2.65. The van der Waals surface area contributed by atoms with E-state index in [1.54, 1.807) is 7.11 Å². The molecule has 0 aromatic heterocycles. The molecule has 1 aromatic rings. The van der Waals surface area contributed by atoms with Crippen LogP contribution in [0.15, 0.2) is 24.3 Å². The first-order chi connectivity index (χ1) is 9.22. The van der Waals surface area contributed by atoms with Crippen LogP contribution in [0.4, 0.5) is 4.79 Å². The second-order valence-corrected chi connectivity index (χ2v) is 3.90. The molecule has 3 N–H and O–H groups in total. The zero-order valence-corrected chi connectivity index (χ0v) is 11.0. The summed E-state index contributed by atoms with van der Waals surface area (Å²) in [7, 11) is 1.57. The van der Waals surface area contributed by atoms with Gasteiger partial charge in [-0.25, -0.2) is 4.79 Å². The van der Waals surface area contributed by atoms with Gasteiger partial charge in [-0.15, -0.1) is 0 Å². The zero-order chi connectivity index (χ0) is 14.1. The summed E-state index contributed by atoms with van der Waals surface area (Å²) in [5.74, 6) is 0.707. The van der Waals surface area contributed by atoms with Crippen LogP contribution in [0, 0.1) is 0 Å². The topological polar surface area (TPSA) is 82.0 Å². The maximum absolute atomic E-state index is 11.8. The van der Waals surface area contributed by atoms with Gasteiger partial charge in [-0.05, 0) is 6.07 Å². The Morgan fingerprint density at radius 1 is 1.26 bits per heavy atom. The molecule has 2 amide bonds. The van der Waals surface area contributed by atoms with Gasteiger partial charge in [0, 0.05) is 25.2 Å². The zero-order valence-electron chi connectivity index (χ0n) is 11.0. The molecule has 0 spiro atoms. The highest BCUT2D eigenvalue weighted by Crippen LogP contribution is 2.16. The number of carbonyl (C=O) groups is 1. The van der Waals surface area contributed by atoms with Gasteiger partial charge in [-0.3, -0.25) is 0 Å². The summed E-state index contributed by atoms with van der Waals surface area (Å²) >= 11 is 0. The summed E-state index contributed by atoms with van der Waals surface area (Å²) in [6, 6.07) is 7.08. The van der Waals surface area contributed by atoms with E-state index in [0.29, 0.717) is 12.3 Å². The Morgan fingerprint density at radius 2 is 1.89 bits per heavy atom. The molecule has 0 aliphatic rings. The third-order valence-corrected chi connectivity index (χ3v) is 2.65. The lowest BCUT2D eigenvalue weighted by Gasteiger charge is -2.21. The Labute approximate surface area is 112 Å². The fraction of sp³-hybridized carbons (Fsp3) is 0.462. The van der Waals surface area contributed by atoms with Crippen molar-refractivity contribution in [2.24, 2.45) is 0 Å². The van der Waals surface area contributed by atoms with Crippen LogP contribution < -0.4 is 10.1 Å². The lowest BCUT2D eigenvalue weighted by Crippen LogP contribution is -2.42. The number of aliphatic hydroxyl groups excluding tert-OH is 2. The SMILES string of the molecule is COc1ccccc1CNC(=O)N(CCO)CCO. The van der Waals surface area contributed by atoms with Crippen molar-refractivity contribution < 1.29 is 19.7 Å². The fourth-order valence-corrected chi connectivity index (χ4v) is 1.69. The number of methoxy groups -OCH3 is 1. The van der Waals surface area contributed by atoms with E-state index in [9.17, 15) is 4.79 Å². The van der Waals surface area contributed by atoms with E-state index in [1.807, 2.05) is 24.3 Å². The molecule has 0 aliphatic carbocycles. The molecule has 0 radical (unpaired) electrons. The number of ether oxygens (including phenoxy) is 1. The minimum atomic E-state index is -0.325. The van der Waals surface area contributed by atoms with Gasteiger partial charge in [-0.1, -0.05) is 18.2 Å². The van der Waals surface area contributed by atoms with Gasteiger partial charge < -0.3 is 25.2 Å². The standard InChI is InChI=1S/C13H20N2O4/c1-19-12-5-3-2-4-11(12)10-14-13(18)15(6-8-16)7-9-17/h2-5,16-17H,6-10H2,1H3,(H,14,18). The minimum absolute atomic E-state index is 0.137. The largest absolute Gasteiger partial charge is 0.496 e. The second kappa shape index (κ2) is 8.34. The van der Waals surface area contributed by atoms with E-state index < -0.39 is 0 Å². The first kappa shape index (κ1) is 15.3. The van der Waals surface area contributed by atoms with Gasteiger partial charge in [-0.2, -0.15) is 0 Å². The van der Waals surface area contributed by atoms with Crippen molar-refractivity contribution in [3.63, 3.8) is 0 Å². The molecule has 19 heavy (non-hydrogen) atoms. The van der Waals surface area contributed by atoms with Crippen molar-refractivity contribution in [2.75, 3.05) is 33.4 Å². The summed E-state index contributed by atoms with van der Waals surface area (Å²) in [5, 5.41) is 20.4. The summed E-state index contributed by atoms with van der Waals surface area (Å²) in [6.07, 6.45) is 0. The minimum Gasteiger partial charge on any atom is -0.496 e. The highest BCUT2D eigenvalue weighted by atomic mass is 16.5. The van der Waals surface area contributed by atoms with Crippen LogP contribution in [0.1, 0.15) is 5.56 Å². The number of amides is 2. The number of hydrogen-bond acceptors (Lipinski definition) is 4. The van der Waals surface area contributed by atoms with Crippen molar-refractivity contribution in [2.45, 2.75) is 6.54 Å². The molecule has 0 atom stereocenters. The lowest BCUT2D eigenvalue weighted by atomic mass is 10.2. The highest BCUT2D eigenvalue weighted by molar-refractivity contribution is 5.74.